The van der Waals surface area contributed by atoms with Crippen LogP contribution in [0.4, 0.5) is 0 Å². The molecule has 1 atom stereocenters. The fourth-order valence-corrected chi connectivity index (χ4v) is 2.22. The third-order valence-electron chi connectivity index (χ3n) is 1.70. The Morgan fingerprint density at radius 2 is 2.50 bits per heavy atom. The summed E-state index contributed by atoms with van der Waals surface area (Å²) in [4.78, 5) is 16.1. The second kappa shape index (κ2) is 6.76. The van der Waals surface area contributed by atoms with Crippen molar-refractivity contribution in [2.24, 2.45) is 0 Å². The van der Waals surface area contributed by atoms with E-state index in [1.54, 1.807) is 11.8 Å². The fraction of sp³-hybridized carbons (Fsp3) is 0.833. The van der Waals surface area contributed by atoms with Gasteiger partial charge in [-0.05, 0) is 10.7 Å². The molecular weight excluding hydrogens is 250 g/mol. The van der Waals surface area contributed by atoms with Crippen molar-refractivity contribution in [2.45, 2.75) is 6.04 Å². The normalized spacial score (nSPS) is 23.4. The third kappa shape index (κ3) is 3.48. The van der Waals surface area contributed by atoms with Crippen molar-refractivity contribution in [3.8, 4) is 0 Å². The van der Waals surface area contributed by atoms with E-state index in [0.29, 0.717) is 23.6 Å². The lowest BCUT2D eigenvalue weighted by Crippen LogP contribution is -2.47. The molecule has 1 aliphatic heterocycles. The molecule has 0 N–H and O–H groups in total. The lowest BCUT2D eigenvalue weighted by molar-refractivity contribution is -0.367. The predicted octanol–water partition coefficient (Wildman–Crippen LogP) is 1.24. The first kappa shape index (κ1) is 12.4. The van der Waals surface area contributed by atoms with E-state index >= 15 is 0 Å². The van der Waals surface area contributed by atoms with E-state index in [4.69, 9.17) is 15.7 Å². The maximum atomic E-state index is 11.3. The van der Waals surface area contributed by atoms with Gasteiger partial charge in [0.1, 0.15) is 17.3 Å². The van der Waals surface area contributed by atoms with Gasteiger partial charge in [-0.3, -0.25) is 4.79 Å². The van der Waals surface area contributed by atoms with Crippen molar-refractivity contribution in [2.75, 3.05) is 25.2 Å². The lowest BCUT2D eigenvalue weighted by Gasteiger charge is -2.29. The zero-order valence-electron chi connectivity index (χ0n) is 7.47. The number of ether oxygens (including phenoxy) is 1. The molecule has 0 aliphatic carbocycles. The number of rotatable bonds is 4. The van der Waals surface area contributed by atoms with Crippen LogP contribution in [0.5, 0.6) is 0 Å². The number of methoxy groups -OCH3 is 1. The van der Waals surface area contributed by atoms with E-state index in [9.17, 15) is 4.79 Å². The summed E-state index contributed by atoms with van der Waals surface area (Å²) in [5, 5.41) is 1.43. The molecule has 0 bridgehead atoms. The van der Waals surface area contributed by atoms with Crippen LogP contribution >= 0.6 is 33.7 Å². The van der Waals surface area contributed by atoms with Crippen LogP contribution < -0.4 is 0 Å². The molecule has 1 heterocycles. The third-order valence-corrected chi connectivity index (χ3v) is 2.99. The van der Waals surface area contributed by atoms with E-state index in [1.807, 2.05) is 0 Å². The summed E-state index contributed by atoms with van der Waals surface area (Å²) in [6.45, 7) is 0.599. The largest absolute Gasteiger partial charge is 0.468 e. The van der Waals surface area contributed by atoms with Crippen LogP contribution in [0.3, 0.4) is 0 Å². The minimum Gasteiger partial charge on any atom is -0.468 e. The molecule has 82 valence electrons. The first-order valence-electron chi connectivity index (χ1n) is 3.84. The van der Waals surface area contributed by atoms with Crippen LogP contribution in [0, 0.1) is 0 Å². The van der Waals surface area contributed by atoms with Crippen LogP contribution in [0.2, 0.25) is 0 Å². The van der Waals surface area contributed by atoms with E-state index in [-0.39, 0.29) is 5.97 Å². The van der Waals surface area contributed by atoms with Crippen molar-refractivity contribution < 1.29 is 18.9 Å². The topological polar surface area (TPSA) is 48.0 Å². The summed E-state index contributed by atoms with van der Waals surface area (Å²) in [6, 6.07) is -0.428. The predicted molar refractivity (Wildman–Crippen MR) is 55.4 cm³/mol. The van der Waals surface area contributed by atoms with Crippen LogP contribution in [-0.4, -0.2) is 42.2 Å². The molecule has 1 fully saturated rings. The molecule has 0 saturated carbocycles. The highest BCUT2D eigenvalue weighted by Crippen LogP contribution is 2.20. The molecule has 1 rings (SSSR count). The van der Waals surface area contributed by atoms with Crippen LogP contribution in [-0.2, 0) is 18.9 Å². The minimum absolute atomic E-state index is 0.333. The maximum absolute atomic E-state index is 11.3. The van der Waals surface area contributed by atoms with Gasteiger partial charge in [-0.25, -0.2) is 0 Å². The second-order valence-electron chi connectivity index (χ2n) is 2.46. The van der Waals surface area contributed by atoms with Crippen molar-refractivity contribution in [3.05, 3.63) is 0 Å². The molecular formula is C6H10ClNO4S2. The number of hydrogen-bond donors (Lipinski definition) is 0. The molecule has 1 aliphatic rings. The minimum atomic E-state index is -0.428. The molecule has 14 heavy (non-hydrogen) atoms. The van der Waals surface area contributed by atoms with Crippen molar-refractivity contribution in [1.29, 1.82) is 0 Å². The van der Waals surface area contributed by atoms with Gasteiger partial charge in [0.05, 0.1) is 7.11 Å². The number of hydrogen-bond acceptors (Lipinski definition) is 7. The number of esters is 1. The smallest absolute Gasteiger partial charge is 0.326 e. The van der Waals surface area contributed by atoms with Gasteiger partial charge in [0.15, 0.2) is 0 Å². The molecule has 8 heteroatoms. The monoisotopic (exact) mass is 259 g/mol. The first-order valence-corrected chi connectivity index (χ1v) is 6.56. The zero-order valence-corrected chi connectivity index (χ0v) is 9.86. The van der Waals surface area contributed by atoms with Gasteiger partial charge in [-0.15, -0.1) is 14.4 Å². The quantitative estimate of drug-likeness (QED) is 0.326. The zero-order chi connectivity index (χ0) is 10.4. The van der Waals surface area contributed by atoms with E-state index in [2.05, 4.69) is 9.07 Å². The molecule has 5 nitrogen and oxygen atoms in total. The number of carbonyl (C=O) groups is 1. The van der Waals surface area contributed by atoms with Gasteiger partial charge in [0.2, 0.25) is 0 Å². The maximum Gasteiger partial charge on any atom is 0.326 e. The van der Waals surface area contributed by atoms with Crippen molar-refractivity contribution in [1.82, 2.24) is 5.06 Å². The summed E-state index contributed by atoms with van der Waals surface area (Å²) in [6.07, 6.45) is 0. The summed E-state index contributed by atoms with van der Waals surface area (Å²) >= 11 is 2.23. The molecule has 0 spiro atoms. The Morgan fingerprint density at radius 3 is 3.14 bits per heavy atom. The number of nitrogens with zero attached hydrogens (tertiary/aromatic N) is 1. The first-order chi connectivity index (χ1) is 6.79. The van der Waals surface area contributed by atoms with Gasteiger partial charge in [-0.2, -0.15) is 11.8 Å². The van der Waals surface area contributed by atoms with E-state index in [1.165, 1.54) is 12.2 Å². The van der Waals surface area contributed by atoms with Gasteiger partial charge >= 0.3 is 5.97 Å². The van der Waals surface area contributed by atoms with Gasteiger partial charge in [0.25, 0.3) is 0 Å². The highest BCUT2D eigenvalue weighted by Gasteiger charge is 2.31. The number of hydroxylamine groups is 2. The molecule has 0 aromatic heterocycles. The Kier molecular flexibility index (Phi) is 5.99. The van der Waals surface area contributed by atoms with Crippen LogP contribution in [0.15, 0.2) is 0 Å². The highest BCUT2D eigenvalue weighted by atomic mass is 35.7. The van der Waals surface area contributed by atoms with Crippen molar-refractivity contribution >= 4 is 39.7 Å². The number of halogens is 1. The summed E-state index contributed by atoms with van der Waals surface area (Å²) in [5.41, 5.74) is 0. The Bertz CT molecular complexity index is 197. The van der Waals surface area contributed by atoms with Crippen LogP contribution in [0.25, 0.3) is 0 Å². The second-order valence-corrected chi connectivity index (χ2v) is 4.25. The highest BCUT2D eigenvalue weighted by molar-refractivity contribution is 8.17. The van der Waals surface area contributed by atoms with E-state index < -0.39 is 6.04 Å². The molecule has 1 unspecified atom stereocenters. The molecule has 0 aromatic carbocycles. The lowest BCUT2D eigenvalue weighted by atomic mass is 10.3. The Hall–Kier alpha value is 0.340. The average molecular weight is 260 g/mol. The standard InChI is InChI=1S/C6H10ClNO4S2/c1-10-6(9)5-4-13-3-2-8(5)11-12-14-7/h5H,2-4H2,1H3. The van der Waals surface area contributed by atoms with E-state index in [0.717, 1.165) is 5.75 Å². The SMILES string of the molecule is COC(=O)C1CSCCN1OOSCl. The molecule has 0 aromatic rings. The molecule has 0 amide bonds. The van der Waals surface area contributed by atoms with Gasteiger partial charge in [-0.1, -0.05) is 0 Å². The molecule has 0 radical (unpaired) electrons. The summed E-state index contributed by atoms with van der Waals surface area (Å²) < 4.78 is 9.12. The Balaban J connectivity index is 2.45. The summed E-state index contributed by atoms with van der Waals surface area (Å²) in [5.74, 6) is 1.17. The van der Waals surface area contributed by atoms with Gasteiger partial charge < -0.3 is 4.74 Å². The Labute approximate surface area is 95.0 Å². The summed E-state index contributed by atoms with van der Waals surface area (Å²) in [7, 11) is 6.55. The van der Waals surface area contributed by atoms with Gasteiger partial charge in [0, 0.05) is 18.1 Å². The van der Waals surface area contributed by atoms with Crippen LogP contribution in [0.1, 0.15) is 0 Å². The number of thioether (sulfide) groups is 1. The average Bonchev–Trinajstić information content (AvgIpc) is 2.25. The number of carbonyl (C=O) groups excluding carboxylic acids is 1. The fourth-order valence-electron chi connectivity index (χ4n) is 1.05. The molecule has 1 saturated heterocycles. The van der Waals surface area contributed by atoms with Crippen molar-refractivity contribution in [3.63, 3.8) is 0 Å². The Morgan fingerprint density at radius 1 is 1.71 bits per heavy atom.